The van der Waals surface area contributed by atoms with Crippen molar-refractivity contribution in [3.8, 4) is 0 Å². The summed E-state index contributed by atoms with van der Waals surface area (Å²) < 4.78 is 6.57. The van der Waals surface area contributed by atoms with E-state index in [1.807, 2.05) is 0 Å². The van der Waals surface area contributed by atoms with Gasteiger partial charge in [0, 0.05) is 25.7 Å². The van der Waals surface area contributed by atoms with Crippen LogP contribution >= 0.6 is 0 Å². The Morgan fingerprint density at radius 2 is 1.83 bits per heavy atom. The molecule has 0 unspecified atom stereocenters. The Bertz CT molecular complexity index is 494. The summed E-state index contributed by atoms with van der Waals surface area (Å²) >= 11 is 0. The summed E-state index contributed by atoms with van der Waals surface area (Å²) in [5.41, 5.74) is 1.42. The summed E-state index contributed by atoms with van der Waals surface area (Å²) in [7, 11) is -1.66. The zero-order valence-electron chi connectivity index (χ0n) is 16.6. The van der Waals surface area contributed by atoms with Crippen molar-refractivity contribution in [3.63, 3.8) is 0 Å². The first-order valence-electron chi connectivity index (χ1n) is 9.65. The SMILES string of the molecule is CCC[C@H]1C[C@H](CO[Si](C)(C)C(C)(C)C)N(Cc2ccccc2)C1. The van der Waals surface area contributed by atoms with E-state index in [2.05, 4.69) is 76.0 Å². The first-order chi connectivity index (χ1) is 11.2. The van der Waals surface area contributed by atoms with Gasteiger partial charge < -0.3 is 4.43 Å². The van der Waals surface area contributed by atoms with Crippen molar-refractivity contribution in [1.29, 1.82) is 0 Å². The van der Waals surface area contributed by atoms with Gasteiger partial charge in [-0.15, -0.1) is 0 Å². The normalized spacial score (nSPS) is 22.9. The van der Waals surface area contributed by atoms with Crippen molar-refractivity contribution in [3.05, 3.63) is 35.9 Å². The van der Waals surface area contributed by atoms with Crippen molar-refractivity contribution < 1.29 is 4.43 Å². The average molecular weight is 348 g/mol. The third-order valence-corrected chi connectivity index (χ3v) is 10.5. The van der Waals surface area contributed by atoms with E-state index >= 15 is 0 Å². The molecule has 1 aromatic rings. The van der Waals surface area contributed by atoms with Crippen molar-refractivity contribution >= 4 is 8.32 Å². The van der Waals surface area contributed by atoms with Gasteiger partial charge in [-0.3, -0.25) is 4.90 Å². The van der Waals surface area contributed by atoms with Gasteiger partial charge in [0.1, 0.15) is 0 Å². The average Bonchev–Trinajstić information content (AvgIpc) is 2.87. The van der Waals surface area contributed by atoms with Crippen LogP contribution in [0.4, 0.5) is 0 Å². The van der Waals surface area contributed by atoms with Crippen LogP contribution in [0.3, 0.4) is 0 Å². The number of nitrogens with zero attached hydrogens (tertiary/aromatic N) is 1. The largest absolute Gasteiger partial charge is 0.415 e. The highest BCUT2D eigenvalue weighted by Crippen LogP contribution is 2.37. The Hall–Kier alpha value is -0.643. The summed E-state index contributed by atoms with van der Waals surface area (Å²) in [5.74, 6) is 0.840. The summed E-state index contributed by atoms with van der Waals surface area (Å²) in [4.78, 5) is 2.67. The quantitative estimate of drug-likeness (QED) is 0.587. The highest BCUT2D eigenvalue weighted by Gasteiger charge is 2.39. The van der Waals surface area contributed by atoms with Crippen LogP contribution in [-0.4, -0.2) is 32.4 Å². The molecule has 0 saturated carbocycles. The molecule has 1 heterocycles. The van der Waals surface area contributed by atoms with E-state index in [0.717, 1.165) is 19.1 Å². The van der Waals surface area contributed by atoms with E-state index in [0.29, 0.717) is 11.1 Å². The summed E-state index contributed by atoms with van der Waals surface area (Å²) in [6.45, 7) is 17.2. The lowest BCUT2D eigenvalue weighted by Gasteiger charge is -2.38. The minimum absolute atomic E-state index is 0.290. The highest BCUT2D eigenvalue weighted by atomic mass is 28.4. The zero-order valence-corrected chi connectivity index (χ0v) is 17.6. The van der Waals surface area contributed by atoms with Crippen LogP contribution < -0.4 is 0 Å². The standard InChI is InChI=1S/C21H37NOSi/c1-7-11-19-14-20(17-23-24(5,6)21(2,3)4)22(16-19)15-18-12-9-8-10-13-18/h8-10,12-13,19-20H,7,11,14-17H2,1-6H3/t19-,20+/m0/s1. The van der Waals surface area contributed by atoms with Crippen LogP contribution in [0, 0.1) is 5.92 Å². The van der Waals surface area contributed by atoms with E-state index in [-0.39, 0.29) is 0 Å². The van der Waals surface area contributed by atoms with Crippen molar-refractivity contribution in [1.82, 2.24) is 4.90 Å². The van der Waals surface area contributed by atoms with E-state index < -0.39 is 8.32 Å². The molecule has 1 aliphatic heterocycles. The molecular formula is C21H37NOSi. The third kappa shape index (κ3) is 5.17. The highest BCUT2D eigenvalue weighted by molar-refractivity contribution is 6.74. The molecule has 1 aromatic carbocycles. The summed E-state index contributed by atoms with van der Waals surface area (Å²) in [6, 6.07) is 11.5. The molecule has 3 heteroatoms. The number of hydrogen-bond donors (Lipinski definition) is 0. The Labute approximate surface area is 150 Å². The molecule has 24 heavy (non-hydrogen) atoms. The Balaban J connectivity index is 2.01. The van der Waals surface area contributed by atoms with Gasteiger partial charge in [0.2, 0.25) is 0 Å². The Morgan fingerprint density at radius 1 is 1.17 bits per heavy atom. The van der Waals surface area contributed by atoms with Crippen LogP contribution in [-0.2, 0) is 11.0 Å². The second-order valence-corrected chi connectivity index (χ2v) is 13.8. The van der Waals surface area contributed by atoms with Crippen LogP contribution in [0.25, 0.3) is 0 Å². The van der Waals surface area contributed by atoms with E-state index in [1.165, 1.54) is 31.4 Å². The topological polar surface area (TPSA) is 12.5 Å². The molecule has 0 N–H and O–H groups in total. The van der Waals surface area contributed by atoms with Crippen LogP contribution in [0.15, 0.2) is 30.3 Å². The first kappa shape index (κ1) is 19.7. The lowest BCUT2D eigenvalue weighted by atomic mass is 10.0. The molecule has 0 bridgehead atoms. The van der Waals surface area contributed by atoms with Gasteiger partial charge in [0.05, 0.1) is 0 Å². The molecule has 0 aliphatic carbocycles. The molecule has 1 saturated heterocycles. The molecule has 136 valence electrons. The first-order valence-corrected chi connectivity index (χ1v) is 12.6. The molecule has 2 rings (SSSR count). The van der Waals surface area contributed by atoms with Gasteiger partial charge in [-0.2, -0.15) is 0 Å². The fraction of sp³-hybridized carbons (Fsp3) is 0.714. The fourth-order valence-electron chi connectivity index (χ4n) is 3.41. The number of rotatable bonds is 7. The minimum atomic E-state index is -1.66. The number of hydrogen-bond acceptors (Lipinski definition) is 2. The van der Waals surface area contributed by atoms with Gasteiger partial charge in [0.25, 0.3) is 0 Å². The van der Waals surface area contributed by atoms with E-state index in [4.69, 9.17) is 4.43 Å². The van der Waals surface area contributed by atoms with Crippen LogP contribution in [0.5, 0.6) is 0 Å². The lowest BCUT2D eigenvalue weighted by Crippen LogP contribution is -2.44. The monoisotopic (exact) mass is 347 g/mol. The van der Waals surface area contributed by atoms with Gasteiger partial charge >= 0.3 is 0 Å². The van der Waals surface area contributed by atoms with E-state index in [9.17, 15) is 0 Å². The smallest absolute Gasteiger partial charge is 0.192 e. The second-order valence-electron chi connectivity index (χ2n) is 9.03. The van der Waals surface area contributed by atoms with Gasteiger partial charge in [0.15, 0.2) is 8.32 Å². The van der Waals surface area contributed by atoms with Gasteiger partial charge in [-0.1, -0.05) is 64.4 Å². The molecule has 1 fully saturated rings. The van der Waals surface area contributed by atoms with Crippen molar-refractivity contribution in [2.75, 3.05) is 13.2 Å². The maximum Gasteiger partial charge on any atom is 0.192 e. The van der Waals surface area contributed by atoms with Crippen LogP contribution in [0.2, 0.25) is 18.1 Å². The van der Waals surface area contributed by atoms with Crippen LogP contribution in [0.1, 0.15) is 52.5 Å². The maximum absolute atomic E-state index is 6.57. The third-order valence-electron chi connectivity index (χ3n) is 5.98. The second kappa shape index (κ2) is 8.16. The molecule has 0 aromatic heterocycles. The van der Waals surface area contributed by atoms with Gasteiger partial charge in [-0.25, -0.2) is 0 Å². The molecule has 2 atom stereocenters. The molecule has 0 amide bonds. The fourth-order valence-corrected chi connectivity index (χ4v) is 4.45. The Morgan fingerprint density at radius 3 is 2.42 bits per heavy atom. The Kier molecular flexibility index (Phi) is 6.69. The van der Waals surface area contributed by atoms with Crippen molar-refractivity contribution in [2.24, 2.45) is 5.92 Å². The molecule has 0 radical (unpaired) electrons. The summed E-state index contributed by atoms with van der Waals surface area (Å²) in [5, 5.41) is 0.290. The van der Waals surface area contributed by atoms with Crippen molar-refractivity contribution in [2.45, 2.75) is 77.7 Å². The molecule has 0 spiro atoms. The molecule has 2 nitrogen and oxygen atoms in total. The summed E-state index contributed by atoms with van der Waals surface area (Å²) in [6.07, 6.45) is 3.94. The predicted molar refractivity (Wildman–Crippen MR) is 107 cm³/mol. The minimum Gasteiger partial charge on any atom is -0.415 e. The van der Waals surface area contributed by atoms with Gasteiger partial charge in [-0.05, 0) is 42.5 Å². The molecular weight excluding hydrogens is 310 g/mol. The predicted octanol–water partition coefficient (Wildman–Crippen LogP) is 5.70. The van der Waals surface area contributed by atoms with E-state index in [1.54, 1.807) is 0 Å². The lowest BCUT2D eigenvalue weighted by molar-refractivity contribution is 0.157. The molecule has 1 aliphatic rings. The maximum atomic E-state index is 6.57. The zero-order chi connectivity index (χ0) is 17.8. The number of benzene rings is 1. The number of likely N-dealkylation sites (tertiary alicyclic amines) is 1.